The normalized spacial score (nSPS) is 7.62. The first-order valence-electron chi connectivity index (χ1n) is 2.49. The summed E-state index contributed by atoms with van der Waals surface area (Å²) in [5, 5.41) is 8.04. The van der Waals surface area contributed by atoms with Gasteiger partial charge in [-0.25, -0.2) is 0 Å². The Morgan fingerprint density at radius 1 is 1.62 bits per heavy atom. The van der Waals surface area contributed by atoms with Gasteiger partial charge in [0.25, 0.3) is 0 Å². The van der Waals surface area contributed by atoms with E-state index in [0.29, 0.717) is 6.42 Å². The molecular weight excluding hydrogens is 157 g/mol. The summed E-state index contributed by atoms with van der Waals surface area (Å²) < 4.78 is 0. The first kappa shape index (κ1) is 11.0. The fourth-order valence-electron chi connectivity index (χ4n) is 0.328. The Kier molecular flexibility index (Phi) is 9.72. The first-order valence-corrected chi connectivity index (χ1v) is 2.49. The van der Waals surface area contributed by atoms with Crippen molar-refractivity contribution in [1.29, 1.82) is 0 Å². The van der Waals surface area contributed by atoms with E-state index in [1.807, 2.05) is 6.92 Å². The number of aliphatic carboxylic acids is 1. The molecule has 0 fully saturated rings. The van der Waals surface area contributed by atoms with E-state index in [4.69, 9.17) is 5.11 Å². The molecule has 0 spiro atoms. The van der Waals surface area contributed by atoms with Gasteiger partial charge in [-0.1, -0.05) is 13.3 Å². The molecule has 0 amide bonds. The van der Waals surface area contributed by atoms with E-state index in [9.17, 15) is 4.79 Å². The van der Waals surface area contributed by atoms with Crippen LogP contribution in [0.5, 0.6) is 0 Å². The largest absolute Gasteiger partial charge is 0.481 e. The average molecular weight is 168 g/mol. The number of rotatable bonds is 3. The Morgan fingerprint density at radius 2 is 2.12 bits per heavy atom. The van der Waals surface area contributed by atoms with Gasteiger partial charge in [0, 0.05) is 25.9 Å². The maximum atomic E-state index is 9.76. The van der Waals surface area contributed by atoms with Gasteiger partial charge in [-0.15, -0.1) is 0 Å². The molecule has 0 aromatic rings. The number of unbranched alkanes of at least 4 members (excludes halogenated alkanes) is 1. The zero-order valence-corrected chi connectivity index (χ0v) is 8.15. The second kappa shape index (κ2) is 7.09. The average Bonchev–Trinajstić information content (AvgIpc) is 1.61. The minimum Gasteiger partial charge on any atom is -0.481 e. The van der Waals surface area contributed by atoms with Crippen LogP contribution in [0.4, 0.5) is 0 Å². The van der Waals surface area contributed by atoms with Gasteiger partial charge < -0.3 is 5.11 Å². The molecule has 0 unspecified atom stereocenters. The molecule has 0 aliphatic heterocycles. The molecule has 0 saturated heterocycles. The van der Waals surface area contributed by atoms with Crippen LogP contribution in [0.2, 0.25) is 0 Å². The van der Waals surface area contributed by atoms with Crippen LogP contribution in [0, 0.1) is 0 Å². The van der Waals surface area contributed by atoms with Crippen LogP contribution < -0.4 is 0 Å². The summed E-state index contributed by atoms with van der Waals surface area (Å²) in [6.45, 7) is 1.98. The van der Waals surface area contributed by atoms with Crippen molar-refractivity contribution in [2.24, 2.45) is 0 Å². The molecule has 0 bridgehead atoms. The molecule has 44 valence electrons. The molecule has 3 heteroatoms. The van der Waals surface area contributed by atoms with Gasteiger partial charge in [0.15, 0.2) is 0 Å². The van der Waals surface area contributed by atoms with Crippen LogP contribution in [0.25, 0.3) is 0 Å². The van der Waals surface area contributed by atoms with E-state index in [0.717, 1.165) is 12.8 Å². The van der Waals surface area contributed by atoms with Crippen LogP contribution in [-0.2, 0) is 24.3 Å². The standard InChI is InChI=1S/C5H10O2.Zn/c1-2-3-4-5(6)7;/h2-4H2,1H3,(H,6,7);. The molecule has 0 rings (SSSR count). The number of carboxylic acids is 1. The number of carbonyl (C=O) groups is 1. The van der Waals surface area contributed by atoms with Gasteiger partial charge in [0.05, 0.1) is 0 Å². The number of hydrogen-bond donors (Lipinski definition) is 1. The fourth-order valence-corrected chi connectivity index (χ4v) is 0.328. The molecule has 0 saturated carbocycles. The van der Waals surface area contributed by atoms with Crippen molar-refractivity contribution < 1.29 is 29.4 Å². The van der Waals surface area contributed by atoms with Crippen molar-refractivity contribution in [2.75, 3.05) is 0 Å². The van der Waals surface area contributed by atoms with Gasteiger partial charge >= 0.3 is 5.97 Å². The monoisotopic (exact) mass is 166 g/mol. The quantitative estimate of drug-likeness (QED) is 0.643. The third kappa shape index (κ3) is 9.43. The Hall–Kier alpha value is 0.0934. The number of hydrogen-bond acceptors (Lipinski definition) is 1. The summed E-state index contributed by atoms with van der Waals surface area (Å²) in [5.41, 5.74) is 0. The van der Waals surface area contributed by atoms with E-state index in [1.165, 1.54) is 0 Å². The zero-order chi connectivity index (χ0) is 5.70. The second-order valence-electron chi connectivity index (χ2n) is 1.50. The van der Waals surface area contributed by atoms with Crippen LogP contribution in [0.1, 0.15) is 26.2 Å². The summed E-state index contributed by atoms with van der Waals surface area (Å²) in [6, 6.07) is 0. The smallest absolute Gasteiger partial charge is 0.303 e. The molecule has 8 heavy (non-hydrogen) atoms. The molecular formula is C5H10O2Zn. The maximum Gasteiger partial charge on any atom is 0.303 e. The third-order valence-electron chi connectivity index (χ3n) is 0.744. The summed E-state index contributed by atoms with van der Waals surface area (Å²) in [4.78, 5) is 9.76. The van der Waals surface area contributed by atoms with E-state index in [-0.39, 0.29) is 19.5 Å². The number of carboxylic acid groups (broad SMARTS) is 1. The Bertz CT molecular complexity index is 63.4. The van der Waals surface area contributed by atoms with Crippen LogP contribution in [-0.4, -0.2) is 11.1 Å². The molecule has 0 aliphatic carbocycles. The molecule has 0 aliphatic rings. The van der Waals surface area contributed by atoms with Crippen LogP contribution >= 0.6 is 0 Å². The van der Waals surface area contributed by atoms with Crippen LogP contribution in [0.3, 0.4) is 0 Å². The molecule has 0 heterocycles. The Labute approximate surface area is 62.0 Å². The first-order chi connectivity index (χ1) is 3.27. The molecule has 2 nitrogen and oxygen atoms in total. The van der Waals surface area contributed by atoms with E-state index >= 15 is 0 Å². The van der Waals surface area contributed by atoms with Crippen molar-refractivity contribution in [3.8, 4) is 0 Å². The molecule has 0 aromatic heterocycles. The topological polar surface area (TPSA) is 37.3 Å². The van der Waals surface area contributed by atoms with E-state index in [2.05, 4.69) is 0 Å². The summed E-state index contributed by atoms with van der Waals surface area (Å²) in [7, 11) is 0. The van der Waals surface area contributed by atoms with Crippen molar-refractivity contribution >= 4 is 5.97 Å². The van der Waals surface area contributed by atoms with Gasteiger partial charge in [-0.2, -0.15) is 0 Å². The summed E-state index contributed by atoms with van der Waals surface area (Å²) >= 11 is 0. The van der Waals surface area contributed by atoms with Gasteiger partial charge in [0.2, 0.25) is 0 Å². The molecule has 0 radical (unpaired) electrons. The SMILES string of the molecule is CCCCC(=O)O.[Zn]. The minimum absolute atomic E-state index is 0. The Morgan fingerprint density at radius 3 is 2.25 bits per heavy atom. The third-order valence-corrected chi connectivity index (χ3v) is 0.744. The molecule has 0 atom stereocenters. The van der Waals surface area contributed by atoms with E-state index < -0.39 is 5.97 Å². The van der Waals surface area contributed by atoms with Gasteiger partial charge in [-0.05, 0) is 6.42 Å². The minimum atomic E-state index is -0.693. The molecule has 1 N–H and O–H groups in total. The maximum absolute atomic E-state index is 9.76. The van der Waals surface area contributed by atoms with Crippen molar-refractivity contribution in [2.45, 2.75) is 26.2 Å². The molecule has 0 aromatic carbocycles. The van der Waals surface area contributed by atoms with Crippen molar-refractivity contribution in [1.82, 2.24) is 0 Å². The van der Waals surface area contributed by atoms with Crippen molar-refractivity contribution in [3.05, 3.63) is 0 Å². The summed E-state index contributed by atoms with van der Waals surface area (Å²) in [5.74, 6) is -0.693. The summed E-state index contributed by atoms with van der Waals surface area (Å²) in [6.07, 6.45) is 2.08. The van der Waals surface area contributed by atoms with E-state index in [1.54, 1.807) is 0 Å². The fraction of sp³-hybridized carbons (Fsp3) is 0.800. The van der Waals surface area contributed by atoms with Gasteiger partial charge in [0.1, 0.15) is 0 Å². The second-order valence-corrected chi connectivity index (χ2v) is 1.50. The predicted octanol–water partition coefficient (Wildman–Crippen LogP) is 1.26. The van der Waals surface area contributed by atoms with Crippen molar-refractivity contribution in [3.63, 3.8) is 0 Å². The van der Waals surface area contributed by atoms with Gasteiger partial charge in [-0.3, -0.25) is 4.79 Å². The zero-order valence-electron chi connectivity index (χ0n) is 5.18. The predicted molar refractivity (Wildman–Crippen MR) is 27.2 cm³/mol. The van der Waals surface area contributed by atoms with Crippen LogP contribution in [0.15, 0.2) is 0 Å². The Balaban J connectivity index is 0.